The first kappa shape index (κ1) is 11.9. The van der Waals surface area contributed by atoms with Crippen molar-refractivity contribution in [3.8, 4) is 5.75 Å². The molecule has 0 saturated heterocycles. The second-order valence-corrected chi connectivity index (χ2v) is 4.46. The average molecular weight is 235 g/mol. The summed E-state index contributed by atoms with van der Waals surface area (Å²) in [6.07, 6.45) is 2.10. The number of likely N-dealkylation sites (N-methyl/N-ethyl adjacent to an activating group) is 1. The van der Waals surface area contributed by atoms with E-state index in [1.807, 2.05) is 19.2 Å². The maximum absolute atomic E-state index is 10.6. The third-order valence-electron chi connectivity index (χ3n) is 2.83. The van der Waals surface area contributed by atoms with Gasteiger partial charge in [-0.15, -0.1) is 0 Å². The fraction of sp³-hybridized carbons (Fsp3) is 0.462. The Kier molecular flexibility index (Phi) is 3.64. The summed E-state index contributed by atoms with van der Waals surface area (Å²) in [5.74, 6) is 0.176. The van der Waals surface area contributed by atoms with Crippen LogP contribution in [-0.2, 0) is 17.8 Å². The molecule has 2 rings (SSSR count). The second-order valence-electron chi connectivity index (χ2n) is 4.46. The van der Waals surface area contributed by atoms with E-state index in [1.165, 1.54) is 5.56 Å². The summed E-state index contributed by atoms with van der Waals surface area (Å²) >= 11 is 0. The molecule has 0 unspecified atom stereocenters. The van der Waals surface area contributed by atoms with Crippen LogP contribution in [0.25, 0.3) is 0 Å². The zero-order valence-corrected chi connectivity index (χ0v) is 9.98. The molecule has 0 radical (unpaired) electrons. The lowest BCUT2D eigenvalue weighted by atomic mass is 10.0. The van der Waals surface area contributed by atoms with Gasteiger partial charge >= 0.3 is 5.97 Å². The van der Waals surface area contributed by atoms with Crippen LogP contribution in [0.1, 0.15) is 17.5 Å². The van der Waals surface area contributed by atoms with Crippen LogP contribution < -0.4 is 4.74 Å². The largest absolute Gasteiger partial charge is 0.493 e. The van der Waals surface area contributed by atoms with Crippen LogP contribution in [0.3, 0.4) is 0 Å². The number of hydrogen-bond donors (Lipinski definition) is 1. The summed E-state index contributed by atoms with van der Waals surface area (Å²) in [4.78, 5) is 12.4. The Morgan fingerprint density at radius 2 is 2.35 bits per heavy atom. The number of carboxylic acids is 1. The quantitative estimate of drug-likeness (QED) is 0.859. The lowest BCUT2D eigenvalue weighted by Crippen LogP contribution is -2.25. The van der Waals surface area contributed by atoms with E-state index in [0.717, 1.165) is 30.8 Å². The Morgan fingerprint density at radius 3 is 3.12 bits per heavy atom. The van der Waals surface area contributed by atoms with Gasteiger partial charge in [-0.3, -0.25) is 9.69 Å². The highest BCUT2D eigenvalue weighted by Crippen LogP contribution is 2.25. The Bertz CT molecular complexity index is 417. The summed E-state index contributed by atoms with van der Waals surface area (Å²) in [7, 11) is 1.81. The minimum Gasteiger partial charge on any atom is -0.493 e. The second kappa shape index (κ2) is 5.19. The van der Waals surface area contributed by atoms with Gasteiger partial charge in [-0.25, -0.2) is 0 Å². The molecular weight excluding hydrogens is 218 g/mol. The highest BCUT2D eigenvalue weighted by atomic mass is 16.5. The van der Waals surface area contributed by atoms with E-state index in [2.05, 4.69) is 6.07 Å². The van der Waals surface area contributed by atoms with Crippen molar-refractivity contribution in [3.05, 3.63) is 29.3 Å². The van der Waals surface area contributed by atoms with E-state index in [4.69, 9.17) is 9.84 Å². The molecule has 1 heterocycles. The maximum atomic E-state index is 10.6. The van der Waals surface area contributed by atoms with Crippen molar-refractivity contribution in [2.75, 3.05) is 20.2 Å². The highest BCUT2D eigenvalue weighted by molar-refractivity contribution is 5.69. The smallest absolute Gasteiger partial charge is 0.317 e. The SMILES string of the molecule is CN(CC(=O)O)Cc1ccc2c(c1)CCCO2. The molecule has 0 bridgehead atoms. The molecule has 92 valence electrons. The van der Waals surface area contributed by atoms with Crippen molar-refractivity contribution in [1.82, 2.24) is 4.90 Å². The van der Waals surface area contributed by atoms with Crippen LogP contribution >= 0.6 is 0 Å². The van der Waals surface area contributed by atoms with Gasteiger partial charge < -0.3 is 9.84 Å². The van der Waals surface area contributed by atoms with Crippen LogP contribution in [0.5, 0.6) is 5.75 Å². The van der Waals surface area contributed by atoms with E-state index in [-0.39, 0.29) is 6.54 Å². The van der Waals surface area contributed by atoms with Crippen molar-refractivity contribution in [1.29, 1.82) is 0 Å². The van der Waals surface area contributed by atoms with Crippen LogP contribution in [-0.4, -0.2) is 36.2 Å². The number of nitrogens with zero attached hydrogens (tertiary/aromatic N) is 1. The predicted molar refractivity (Wildman–Crippen MR) is 64.2 cm³/mol. The number of aliphatic carboxylic acids is 1. The average Bonchev–Trinajstić information content (AvgIpc) is 2.27. The van der Waals surface area contributed by atoms with Crippen LogP contribution in [0.2, 0.25) is 0 Å². The summed E-state index contributed by atoms with van der Waals surface area (Å²) in [6.45, 7) is 1.51. The molecule has 1 aromatic carbocycles. The number of ether oxygens (including phenoxy) is 1. The monoisotopic (exact) mass is 235 g/mol. The zero-order chi connectivity index (χ0) is 12.3. The number of benzene rings is 1. The molecule has 0 spiro atoms. The molecule has 4 heteroatoms. The lowest BCUT2D eigenvalue weighted by Gasteiger charge is -2.19. The molecule has 17 heavy (non-hydrogen) atoms. The topological polar surface area (TPSA) is 49.8 Å². The molecule has 0 saturated carbocycles. The number of aryl methyl sites for hydroxylation is 1. The molecule has 1 aliphatic rings. The highest BCUT2D eigenvalue weighted by Gasteiger charge is 2.11. The number of rotatable bonds is 4. The van der Waals surface area contributed by atoms with Gasteiger partial charge in [-0.05, 0) is 37.1 Å². The first-order valence-corrected chi connectivity index (χ1v) is 5.80. The van der Waals surface area contributed by atoms with Gasteiger partial charge in [-0.1, -0.05) is 12.1 Å². The van der Waals surface area contributed by atoms with Crippen LogP contribution in [0.4, 0.5) is 0 Å². The maximum Gasteiger partial charge on any atom is 0.317 e. The molecule has 0 aromatic heterocycles. The van der Waals surface area contributed by atoms with E-state index in [0.29, 0.717) is 6.54 Å². The molecule has 1 N–H and O–H groups in total. The van der Waals surface area contributed by atoms with Crippen LogP contribution in [0, 0.1) is 0 Å². The van der Waals surface area contributed by atoms with Crippen molar-refractivity contribution >= 4 is 5.97 Å². The van der Waals surface area contributed by atoms with Gasteiger partial charge in [0, 0.05) is 6.54 Å². The van der Waals surface area contributed by atoms with Crippen molar-refractivity contribution in [2.24, 2.45) is 0 Å². The molecule has 0 aliphatic carbocycles. The Hall–Kier alpha value is -1.55. The van der Waals surface area contributed by atoms with Gasteiger partial charge in [0.2, 0.25) is 0 Å². The van der Waals surface area contributed by atoms with Gasteiger partial charge in [0.1, 0.15) is 5.75 Å². The summed E-state index contributed by atoms with van der Waals surface area (Å²) in [5, 5.41) is 8.69. The molecule has 0 amide bonds. The summed E-state index contributed by atoms with van der Waals surface area (Å²) in [6, 6.07) is 6.10. The van der Waals surface area contributed by atoms with E-state index < -0.39 is 5.97 Å². The number of fused-ring (bicyclic) bond motifs is 1. The minimum absolute atomic E-state index is 0.0631. The standard InChI is InChI=1S/C13H17NO3/c1-14(9-13(15)16)8-10-4-5-12-11(7-10)3-2-6-17-12/h4-5,7H,2-3,6,8-9H2,1H3,(H,15,16). The van der Waals surface area contributed by atoms with Crippen molar-refractivity contribution in [3.63, 3.8) is 0 Å². The van der Waals surface area contributed by atoms with E-state index in [1.54, 1.807) is 4.90 Å². The Morgan fingerprint density at radius 1 is 1.53 bits per heavy atom. The van der Waals surface area contributed by atoms with Gasteiger partial charge in [0.25, 0.3) is 0 Å². The number of carbonyl (C=O) groups is 1. The van der Waals surface area contributed by atoms with E-state index in [9.17, 15) is 4.79 Å². The molecule has 0 fully saturated rings. The first-order chi connectivity index (χ1) is 8.15. The predicted octanol–water partition coefficient (Wildman–Crippen LogP) is 1.53. The fourth-order valence-corrected chi connectivity index (χ4v) is 2.11. The summed E-state index contributed by atoms with van der Waals surface area (Å²) in [5.41, 5.74) is 2.37. The number of hydrogen-bond acceptors (Lipinski definition) is 3. The fourth-order valence-electron chi connectivity index (χ4n) is 2.11. The first-order valence-electron chi connectivity index (χ1n) is 5.80. The van der Waals surface area contributed by atoms with Gasteiger partial charge in [-0.2, -0.15) is 0 Å². The minimum atomic E-state index is -0.797. The third-order valence-corrected chi connectivity index (χ3v) is 2.83. The number of carboxylic acid groups (broad SMARTS) is 1. The van der Waals surface area contributed by atoms with Gasteiger partial charge in [0.05, 0.1) is 13.2 Å². The molecule has 0 atom stereocenters. The van der Waals surface area contributed by atoms with E-state index >= 15 is 0 Å². The molecular formula is C13H17NO3. The lowest BCUT2D eigenvalue weighted by molar-refractivity contribution is -0.138. The Balaban J connectivity index is 2.04. The van der Waals surface area contributed by atoms with Crippen molar-refractivity contribution < 1.29 is 14.6 Å². The van der Waals surface area contributed by atoms with Gasteiger partial charge in [0.15, 0.2) is 0 Å². The normalized spacial score (nSPS) is 14.2. The molecule has 1 aromatic rings. The van der Waals surface area contributed by atoms with Crippen molar-refractivity contribution in [2.45, 2.75) is 19.4 Å². The molecule has 4 nitrogen and oxygen atoms in total. The Labute approximate surface area is 101 Å². The summed E-state index contributed by atoms with van der Waals surface area (Å²) < 4.78 is 5.54. The zero-order valence-electron chi connectivity index (χ0n) is 9.98. The third kappa shape index (κ3) is 3.20. The van der Waals surface area contributed by atoms with Crippen LogP contribution in [0.15, 0.2) is 18.2 Å². The molecule has 1 aliphatic heterocycles.